The van der Waals surface area contributed by atoms with E-state index in [9.17, 15) is 9.18 Å². The van der Waals surface area contributed by atoms with E-state index >= 15 is 0 Å². The number of carbonyl (C=O) groups excluding carboxylic acids is 1. The summed E-state index contributed by atoms with van der Waals surface area (Å²) in [5.74, 6) is 0.318. The number of carbonyl (C=O) groups is 1. The lowest BCUT2D eigenvalue weighted by Crippen LogP contribution is -2.14. The number of amides is 1. The summed E-state index contributed by atoms with van der Waals surface area (Å²) in [7, 11) is 1.63. The maximum atomic E-state index is 12.9. The maximum Gasteiger partial charge on any atom is 0.228 e. The maximum absolute atomic E-state index is 12.9. The molecule has 2 N–H and O–H groups in total. The van der Waals surface area contributed by atoms with Crippen LogP contribution in [0.2, 0.25) is 0 Å². The quantitative estimate of drug-likeness (QED) is 0.674. The second-order valence-corrected chi connectivity index (χ2v) is 5.79. The average molecular weight is 350 g/mol. The SMILES string of the molecule is COc1cccc(Nc2ccc(NC(=O)Cc3ccc(F)cc3)cc2)c1. The molecule has 0 bridgehead atoms. The van der Waals surface area contributed by atoms with Gasteiger partial charge in [0.2, 0.25) is 5.91 Å². The molecule has 0 radical (unpaired) electrons. The van der Waals surface area contributed by atoms with Gasteiger partial charge in [-0.05, 0) is 54.1 Å². The fourth-order valence-electron chi connectivity index (χ4n) is 2.50. The van der Waals surface area contributed by atoms with E-state index < -0.39 is 0 Å². The van der Waals surface area contributed by atoms with E-state index in [4.69, 9.17) is 4.74 Å². The topological polar surface area (TPSA) is 50.4 Å². The summed E-state index contributed by atoms with van der Waals surface area (Å²) >= 11 is 0. The average Bonchev–Trinajstić information content (AvgIpc) is 2.65. The number of hydrogen-bond donors (Lipinski definition) is 2. The molecule has 4 nitrogen and oxygen atoms in total. The first-order chi connectivity index (χ1) is 12.6. The highest BCUT2D eigenvalue weighted by Crippen LogP contribution is 2.22. The van der Waals surface area contributed by atoms with Gasteiger partial charge in [-0.1, -0.05) is 18.2 Å². The molecule has 0 aliphatic heterocycles. The van der Waals surface area contributed by atoms with Gasteiger partial charge in [-0.2, -0.15) is 0 Å². The zero-order valence-corrected chi connectivity index (χ0v) is 14.3. The summed E-state index contributed by atoms with van der Waals surface area (Å²) in [5.41, 5.74) is 3.28. The molecule has 0 aromatic heterocycles. The number of nitrogens with one attached hydrogen (secondary N) is 2. The van der Waals surface area contributed by atoms with E-state index in [1.54, 1.807) is 19.2 Å². The molecule has 1 amide bonds. The van der Waals surface area contributed by atoms with Crippen LogP contribution in [0.5, 0.6) is 5.75 Å². The first kappa shape index (κ1) is 17.5. The molecule has 132 valence electrons. The molecule has 0 aliphatic rings. The predicted molar refractivity (Wildman–Crippen MR) is 101 cm³/mol. The Balaban J connectivity index is 1.58. The largest absolute Gasteiger partial charge is 0.497 e. The number of methoxy groups -OCH3 is 1. The van der Waals surface area contributed by atoms with Crippen molar-refractivity contribution in [2.45, 2.75) is 6.42 Å². The third-order valence-electron chi connectivity index (χ3n) is 3.81. The summed E-state index contributed by atoms with van der Waals surface area (Å²) in [6, 6.07) is 21.0. The van der Waals surface area contributed by atoms with Crippen LogP contribution in [-0.2, 0) is 11.2 Å². The van der Waals surface area contributed by atoms with E-state index in [0.717, 1.165) is 22.7 Å². The van der Waals surface area contributed by atoms with Gasteiger partial charge < -0.3 is 15.4 Å². The van der Waals surface area contributed by atoms with Crippen molar-refractivity contribution in [1.82, 2.24) is 0 Å². The third kappa shape index (κ3) is 4.83. The molecule has 0 aliphatic carbocycles. The Bertz CT molecular complexity index is 877. The highest BCUT2D eigenvalue weighted by atomic mass is 19.1. The number of halogens is 1. The van der Waals surface area contributed by atoms with Crippen LogP contribution in [0.4, 0.5) is 21.5 Å². The molecule has 0 unspecified atom stereocenters. The molecule has 3 aromatic carbocycles. The molecular weight excluding hydrogens is 331 g/mol. The van der Waals surface area contributed by atoms with Crippen molar-refractivity contribution in [3.8, 4) is 5.75 Å². The molecular formula is C21H19FN2O2. The molecule has 0 atom stereocenters. The Labute approximate surface area is 151 Å². The standard InChI is InChI=1S/C21H19FN2O2/c1-26-20-4-2-3-19(14-20)23-17-9-11-18(12-10-17)24-21(25)13-15-5-7-16(22)8-6-15/h2-12,14,23H,13H2,1H3,(H,24,25). The summed E-state index contributed by atoms with van der Waals surface area (Å²) in [6.45, 7) is 0. The Morgan fingerprint density at radius 2 is 1.62 bits per heavy atom. The highest BCUT2D eigenvalue weighted by Gasteiger charge is 2.05. The second-order valence-electron chi connectivity index (χ2n) is 5.79. The monoisotopic (exact) mass is 350 g/mol. The predicted octanol–water partition coefficient (Wildman–Crippen LogP) is 4.76. The van der Waals surface area contributed by atoms with Crippen molar-refractivity contribution in [1.29, 1.82) is 0 Å². The number of rotatable bonds is 6. The second kappa shape index (κ2) is 8.16. The van der Waals surface area contributed by atoms with Crippen molar-refractivity contribution in [2.75, 3.05) is 17.7 Å². The van der Waals surface area contributed by atoms with Gasteiger partial charge in [0.15, 0.2) is 0 Å². The van der Waals surface area contributed by atoms with Gasteiger partial charge >= 0.3 is 0 Å². The fraction of sp³-hybridized carbons (Fsp3) is 0.0952. The van der Waals surface area contributed by atoms with Gasteiger partial charge in [0.05, 0.1) is 13.5 Å². The molecule has 5 heteroatoms. The molecule has 26 heavy (non-hydrogen) atoms. The van der Waals surface area contributed by atoms with Crippen molar-refractivity contribution in [3.63, 3.8) is 0 Å². The zero-order chi connectivity index (χ0) is 18.4. The summed E-state index contributed by atoms with van der Waals surface area (Å²) in [6.07, 6.45) is 0.199. The van der Waals surface area contributed by atoms with Crippen molar-refractivity contribution in [3.05, 3.63) is 84.2 Å². The molecule has 0 saturated carbocycles. The van der Waals surface area contributed by atoms with Gasteiger partial charge in [-0.3, -0.25) is 4.79 Å². The van der Waals surface area contributed by atoms with Gasteiger partial charge in [0.25, 0.3) is 0 Å². The van der Waals surface area contributed by atoms with E-state index in [1.807, 2.05) is 48.5 Å². The Morgan fingerprint density at radius 3 is 2.31 bits per heavy atom. The Hall–Kier alpha value is -3.34. The summed E-state index contributed by atoms with van der Waals surface area (Å²) in [5, 5.41) is 6.11. The smallest absolute Gasteiger partial charge is 0.228 e. The molecule has 0 fully saturated rings. The van der Waals surface area contributed by atoms with Crippen LogP contribution in [0.3, 0.4) is 0 Å². The summed E-state index contributed by atoms with van der Waals surface area (Å²) in [4.78, 5) is 12.1. The van der Waals surface area contributed by atoms with Crippen LogP contribution in [-0.4, -0.2) is 13.0 Å². The first-order valence-corrected chi connectivity index (χ1v) is 8.18. The number of ether oxygens (including phenoxy) is 1. The summed E-state index contributed by atoms with van der Waals surface area (Å²) < 4.78 is 18.1. The van der Waals surface area contributed by atoms with Gasteiger partial charge in [0, 0.05) is 23.1 Å². The van der Waals surface area contributed by atoms with E-state index in [1.165, 1.54) is 12.1 Å². The van der Waals surface area contributed by atoms with Crippen LogP contribution in [0.25, 0.3) is 0 Å². The lowest BCUT2D eigenvalue weighted by atomic mass is 10.1. The van der Waals surface area contributed by atoms with Crippen molar-refractivity contribution in [2.24, 2.45) is 0 Å². The Kier molecular flexibility index (Phi) is 5.49. The molecule has 0 saturated heterocycles. The molecule has 0 heterocycles. The van der Waals surface area contributed by atoms with Gasteiger partial charge in [-0.15, -0.1) is 0 Å². The first-order valence-electron chi connectivity index (χ1n) is 8.18. The van der Waals surface area contributed by atoms with Crippen LogP contribution in [0.1, 0.15) is 5.56 Å². The van der Waals surface area contributed by atoms with E-state index in [0.29, 0.717) is 5.69 Å². The van der Waals surface area contributed by atoms with E-state index in [-0.39, 0.29) is 18.1 Å². The van der Waals surface area contributed by atoms with Crippen LogP contribution >= 0.6 is 0 Å². The number of anilines is 3. The Morgan fingerprint density at radius 1 is 0.923 bits per heavy atom. The van der Waals surface area contributed by atoms with Crippen molar-refractivity contribution < 1.29 is 13.9 Å². The minimum absolute atomic E-state index is 0.148. The molecule has 3 aromatic rings. The van der Waals surface area contributed by atoms with Crippen LogP contribution in [0.15, 0.2) is 72.8 Å². The van der Waals surface area contributed by atoms with Gasteiger partial charge in [-0.25, -0.2) is 4.39 Å². The lowest BCUT2D eigenvalue weighted by Gasteiger charge is -2.10. The highest BCUT2D eigenvalue weighted by molar-refractivity contribution is 5.92. The number of benzene rings is 3. The van der Waals surface area contributed by atoms with Gasteiger partial charge in [0.1, 0.15) is 11.6 Å². The lowest BCUT2D eigenvalue weighted by molar-refractivity contribution is -0.115. The minimum atomic E-state index is -0.312. The number of hydrogen-bond acceptors (Lipinski definition) is 3. The van der Waals surface area contributed by atoms with Crippen LogP contribution in [0, 0.1) is 5.82 Å². The minimum Gasteiger partial charge on any atom is -0.497 e. The zero-order valence-electron chi connectivity index (χ0n) is 14.3. The van der Waals surface area contributed by atoms with Crippen LogP contribution < -0.4 is 15.4 Å². The molecule has 3 rings (SSSR count). The van der Waals surface area contributed by atoms with Crippen molar-refractivity contribution >= 4 is 23.0 Å². The molecule has 0 spiro atoms. The third-order valence-corrected chi connectivity index (χ3v) is 3.81. The van der Waals surface area contributed by atoms with E-state index in [2.05, 4.69) is 10.6 Å². The normalized spacial score (nSPS) is 10.2. The fourth-order valence-corrected chi connectivity index (χ4v) is 2.50.